The van der Waals surface area contributed by atoms with Crippen LogP contribution in [0.25, 0.3) is 6.08 Å². The van der Waals surface area contributed by atoms with Crippen LogP contribution in [0.2, 0.25) is 0 Å². The van der Waals surface area contributed by atoms with Crippen LogP contribution in [-0.2, 0) is 11.2 Å². The van der Waals surface area contributed by atoms with E-state index in [0.29, 0.717) is 0 Å². The molecule has 0 aliphatic carbocycles. The van der Waals surface area contributed by atoms with E-state index in [2.05, 4.69) is 11.1 Å². The average molecular weight is 250 g/mol. The number of hydrogen-bond donors (Lipinski definition) is 0. The van der Waals surface area contributed by atoms with Gasteiger partial charge in [0.05, 0.1) is 0 Å². The van der Waals surface area contributed by atoms with Gasteiger partial charge in [0.1, 0.15) is 0 Å². The molecule has 2 aromatic rings. The van der Waals surface area contributed by atoms with Crippen LogP contribution in [0.3, 0.4) is 0 Å². The number of carbonyl (C=O) groups excluding carboxylic acids is 1. The number of rotatable bonds is 2. The third-order valence-electron chi connectivity index (χ3n) is 3.26. The van der Waals surface area contributed by atoms with Gasteiger partial charge in [-0.1, -0.05) is 24.3 Å². The largest absolute Gasteiger partial charge is 0.308 e. The number of benzene rings is 1. The maximum atomic E-state index is 12.2. The van der Waals surface area contributed by atoms with Crippen molar-refractivity contribution in [3.63, 3.8) is 0 Å². The summed E-state index contributed by atoms with van der Waals surface area (Å²) in [6.45, 7) is 0.759. The fourth-order valence-corrected chi connectivity index (χ4v) is 2.30. The molecular weight excluding hydrogens is 236 g/mol. The fraction of sp³-hybridized carbons (Fsp3) is 0.125. The highest BCUT2D eigenvalue weighted by atomic mass is 16.2. The second-order valence-corrected chi connectivity index (χ2v) is 4.49. The third kappa shape index (κ3) is 2.40. The van der Waals surface area contributed by atoms with Crippen molar-refractivity contribution in [1.29, 1.82) is 0 Å². The minimum atomic E-state index is 0.0220. The lowest BCUT2D eigenvalue weighted by Gasteiger charge is -2.14. The Labute approximate surface area is 112 Å². The number of nitrogens with zero attached hydrogens (tertiary/aromatic N) is 2. The van der Waals surface area contributed by atoms with Crippen molar-refractivity contribution in [1.82, 2.24) is 4.98 Å². The molecule has 0 bridgehead atoms. The molecule has 3 heteroatoms. The second kappa shape index (κ2) is 5.06. The lowest BCUT2D eigenvalue weighted by molar-refractivity contribution is -0.114. The van der Waals surface area contributed by atoms with Crippen LogP contribution in [0.1, 0.15) is 11.1 Å². The average Bonchev–Trinajstić information content (AvgIpc) is 2.90. The molecule has 0 spiro atoms. The molecular formula is C16H14N2O. The van der Waals surface area contributed by atoms with Crippen LogP contribution in [0, 0.1) is 0 Å². The Bertz CT molecular complexity index is 620. The molecule has 0 radical (unpaired) electrons. The molecule has 0 saturated carbocycles. The molecule has 0 unspecified atom stereocenters. The molecule has 94 valence electrons. The quantitative estimate of drug-likeness (QED) is 0.768. The highest BCUT2D eigenvalue weighted by Gasteiger charge is 2.22. The lowest BCUT2D eigenvalue weighted by Crippen LogP contribution is -2.26. The standard InChI is InChI=1S/C16H14N2O/c19-16(8-7-13-4-3-10-17-12-13)18-11-9-14-5-1-2-6-15(14)18/h1-8,10,12H,9,11H2/b8-7+. The van der Waals surface area contributed by atoms with E-state index in [-0.39, 0.29) is 5.91 Å². The first kappa shape index (κ1) is 11.7. The number of anilines is 1. The molecule has 1 amide bonds. The summed E-state index contributed by atoms with van der Waals surface area (Å²) in [5.41, 5.74) is 3.21. The monoisotopic (exact) mass is 250 g/mol. The molecule has 3 rings (SSSR count). The smallest absolute Gasteiger partial charge is 0.251 e. The van der Waals surface area contributed by atoms with E-state index >= 15 is 0 Å². The van der Waals surface area contributed by atoms with Gasteiger partial charge in [-0.15, -0.1) is 0 Å². The number of hydrogen-bond acceptors (Lipinski definition) is 2. The Morgan fingerprint density at radius 2 is 2.11 bits per heavy atom. The highest BCUT2D eigenvalue weighted by molar-refractivity contribution is 6.05. The van der Waals surface area contributed by atoms with Crippen LogP contribution in [-0.4, -0.2) is 17.4 Å². The third-order valence-corrected chi connectivity index (χ3v) is 3.26. The van der Waals surface area contributed by atoms with E-state index in [9.17, 15) is 4.79 Å². The summed E-state index contributed by atoms with van der Waals surface area (Å²) >= 11 is 0. The van der Waals surface area contributed by atoms with E-state index in [4.69, 9.17) is 0 Å². The predicted molar refractivity (Wildman–Crippen MR) is 75.8 cm³/mol. The van der Waals surface area contributed by atoms with Crippen LogP contribution in [0.4, 0.5) is 5.69 Å². The van der Waals surface area contributed by atoms with Gasteiger partial charge >= 0.3 is 0 Å². The molecule has 3 nitrogen and oxygen atoms in total. The van der Waals surface area contributed by atoms with Gasteiger partial charge in [0.15, 0.2) is 0 Å². The topological polar surface area (TPSA) is 33.2 Å². The summed E-state index contributed by atoms with van der Waals surface area (Å²) in [6, 6.07) is 11.8. The summed E-state index contributed by atoms with van der Waals surface area (Å²) < 4.78 is 0. The summed E-state index contributed by atoms with van der Waals surface area (Å²) in [5, 5.41) is 0. The van der Waals surface area contributed by atoms with Crippen molar-refractivity contribution in [2.24, 2.45) is 0 Å². The summed E-state index contributed by atoms with van der Waals surface area (Å²) in [5.74, 6) is 0.0220. The Kier molecular flexibility index (Phi) is 3.11. The molecule has 1 aliphatic rings. The van der Waals surface area contributed by atoms with E-state index in [1.54, 1.807) is 24.5 Å². The van der Waals surface area contributed by atoms with E-state index in [1.807, 2.05) is 35.2 Å². The molecule has 19 heavy (non-hydrogen) atoms. The first-order valence-electron chi connectivity index (χ1n) is 6.32. The van der Waals surface area contributed by atoms with Gasteiger partial charge in [-0.3, -0.25) is 9.78 Å². The van der Waals surface area contributed by atoms with E-state index in [0.717, 1.165) is 24.2 Å². The number of fused-ring (bicyclic) bond motifs is 1. The Hall–Kier alpha value is -2.42. The molecule has 1 aromatic carbocycles. The Morgan fingerprint density at radius 3 is 2.95 bits per heavy atom. The van der Waals surface area contributed by atoms with Gasteiger partial charge in [0.25, 0.3) is 5.91 Å². The summed E-state index contributed by atoms with van der Waals surface area (Å²) in [6.07, 6.45) is 7.80. The van der Waals surface area contributed by atoms with Gasteiger partial charge in [-0.2, -0.15) is 0 Å². The zero-order valence-electron chi connectivity index (χ0n) is 10.5. The van der Waals surface area contributed by atoms with Crippen molar-refractivity contribution >= 4 is 17.7 Å². The molecule has 2 heterocycles. The summed E-state index contributed by atoms with van der Waals surface area (Å²) in [7, 11) is 0. The number of amides is 1. The van der Waals surface area contributed by atoms with Crippen molar-refractivity contribution in [3.05, 3.63) is 66.0 Å². The molecule has 0 fully saturated rings. The molecule has 1 aliphatic heterocycles. The Morgan fingerprint density at radius 1 is 1.21 bits per heavy atom. The van der Waals surface area contributed by atoms with Gasteiger partial charge in [-0.05, 0) is 35.8 Å². The first-order chi connectivity index (χ1) is 9.34. The van der Waals surface area contributed by atoms with E-state index < -0.39 is 0 Å². The fourth-order valence-electron chi connectivity index (χ4n) is 2.30. The molecule has 0 atom stereocenters. The second-order valence-electron chi connectivity index (χ2n) is 4.49. The predicted octanol–water partition coefficient (Wildman–Crippen LogP) is 2.68. The maximum absolute atomic E-state index is 12.2. The molecule has 0 saturated heterocycles. The van der Waals surface area contributed by atoms with Crippen LogP contribution in [0.15, 0.2) is 54.9 Å². The first-order valence-corrected chi connectivity index (χ1v) is 6.32. The van der Waals surface area contributed by atoms with Crippen molar-refractivity contribution in [2.45, 2.75) is 6.42 Å². The van der Waals surface area contributed by atoms with Crippen LogP contribution >= 0.6 is 0 Å². The maximum Gasteiger partial charge on any atom is 0.251 e. The van der Waals surface area contributed by atoms with Gasteiger partial charge < -0.3 is 4.90 Å². The zero-order valence-corrected chi connectivity index (χ0v) is 10.5. The van der Waals surface area contributed by atoms with Crippen molar-refractivity contribution < 1.29 is 4.79 Å². The van der Waals surface area contributed by atoms with Crippen LogP contribution < -0.4 is 4.90 Å². The van der Waals surface area contributed by atoms with Gasteiger partial charge in [0, 0.05) is 30.7 Å². The highest BCUT2D eigenvalue weighted by Crippen LogP contribution is 2.27. The minimum Gasteiger partial charge on any atom is -0.308 e. The number of carbonyl (C=O) groups is 1. The molecule has 1 aromatic heterocycles. The van der Waals surface area contributed by atoms with Crippen LogP contribution in [0.5, 0.6) is 0 Å². The van der Waals surface area contributed by atoms with E-state index in [1.165, 1.54) is 5.56 Å². The Balaban J connectivity index is 1.78. The lowest BCUT2D eigenvalue weighted by atomic mass is 10.2. The number of pyridine rings is 1. The minimum absolute atomic E-state index is 0.0220. The van der Waals surface area contributed by atoms with Gasteiger partial charge in [-0.25, -0.2) is 0 Å². The summed E-state index contributed by atoms with van der Waals surface area (Å²) in [4.78, 5) is 18.0. The normalized spacial score (nSPS) is 13.8. The molecule has 0 N–H and O–H groups in total. The van der Waals surface area contributed by atoms with Crippen molar-refractivity contribution in [2.75, 3.05) is 11.4 Å². The van der Waals surface area contributed by atoms with Crippen molar-refractivity contribution in [3.8, 4) is 0 Å². The SMILES string of the molecule is O=C(/C=C/c1cccnc1)N1CCc2ccccc21. The van der Waals surface area contributed by atoms with Gasteiger partial charge in [0.2, 0.25) is 0 Å². The number of para-hydroxylation sites is 1. The zero-order chi connectivity index (χ0) is 13.1. The number of aromatic nitrogens is 1.